The number of ether oxygens (including phenoxy) is 1. The molecule has 0 aromatic heterocycles. The van der Waals surface area contributed by atoms with Gasteiger partial charge in [-0.3, -0.25) is 4.79 Å². The molecular weight excluding hydrogens is 244 g/mol. The molecule has 17 heavy (non-hydrogen) atoms. The van der Waals surface area contributed by atoms with Crippen molar-refractivity contribution in [1.82, 2.24) is 0 Å². The van der Waals surface area contributed by atoms with Gasteiger partial charge in [0.15, 0.2) is 14.6 Å². The maximum atomic E-state index is 12.5. The van der Waals surface area contributed by atoms with Gasteiger partial charge in [0.05, 0.1) is 11.4 Å². The summed E-state index contributed by atoms with van der Waals surface area (Å²) in [6.07, 6.45) is 0.781. The molecule has 0 saturated heterocycles. The zero-order chi connectivity index (χ0) is 13.5. The predicted molar refractivity (Wildman–Crippen MR) is 63.6 cm³/mol. The Kier molecular flexibility index (Phi) is 3.60. The van der Waals surface area contributed by atoms with Crippen LogP contribution in [0.2, 0.25) is 0 Å². The summed E-state index contributed by atoms with van der Waals surface area (Å²) in [5.41, 5.74) is 0. The minimum absolute atomic E-state index is 0.000791. The second-order valence-electron chi connectivity index (χ2n) is 5.20. The number of carbonyl (C=O) groups is 1. The molecule has 0 spiro atoms. The molecule has 0 amide bonds. The molecule has 0 aliphatic heterocycles. The second-order valence-corrected chi connectivity index (χ2v) is 8.04. The molecule has 0 heterocycles. The van der Waals surface area contributed by atoms with Crippen LogP contribution in [0.4, 0.5) is 0 Å². The third kappa shape index (κ3) is 1.87. The average Bonchev–Trinajstić information content (AvgIpc) is 2.92. The molecule has 5 nitrogen and oxygen atoms in total. The highest BCUT2D eigenvalue weighted by Gasteiger charge is 2.71. The van der Waals surface area contributed by atoms with E-state index in [1.165, 1.54) is 21.0 Å². The molecule has 100 valence electrons. The third-order valence-electron chi connectivity index (χ3n) is 3.60. The zero-order valence-corrected chi connectivity index (χ0v) is 11.5. The van der Waals surface area contributed by atoms with Crippen LogP contribution in [-0.4, -0.2) is 42.7 Å². The van der Waals surface area contributed by atoms with E-state index in [1.807, 2.05) is 6.92 Å². The smallest absolute Gasteiger partial charge is 0.325 e. The van der Waals surface area contributed by atoms with Gasteiger partial charge < -0.3 is 9.84 Å². The Morgan fingerprint density at radius 2 is 2.06 bits per heavy atom. The van der Waals surface area contributed by atoms with E-state index in [-0.39, 0.29) is 18.9 Å². The summed E-state index contributed by atoms with van der Waals surface area (Å²) in [5.74, 6) is -1.50. The van der Waals surface area contributed by atoms with E-state index in [9.17, 15) is 18.3 Å². The van der Waals surface area contributed by atoms with E-state index < -0.39 is 25.3 Å². The van der Waals surface area contributed by atoms with Gasteiger partial charge in [-0.05, 0) is 26.2 Å². The average molecular weight is 264 g/mol. The Labute approximate surface area is 102 Å². The van der Waals surface area contributed by atoms with Crippen LogP contribution in [0.1, 0.15) is 33.6 Å². The highest BCUT2D eigenvalue weighted by Crippen LogP contribution is 2.55. The lowest BCUT2D eigenvalue weighted by Gasteiger charge is -2.28. The van der Waals surface area contributed by atoms with E-state index >= 15 is 0 Å². The number of methoxy groups -OCH3 is 1. The van der Waals surface area contributed by atoms with Crippen molar-refractivity contribution in [2.75, 3.05) is 13.7 Å². The largest absolute Gasteiger partial charge is 0.480 e. The fourth-order valence-electron chi connectivity index (χ4n) is 2.41. The molecule has 0 aromatic carbocycles. The molecule has 2 atom stereocenters. The minimum Gasteiger partial charge on any atom is -0.480 e. The predicted octanol–water partition coefficient (Wildman–Crippen LogP) is 1.08. The van der Waals surface area contributed by atoms with E-state index in [4.69, 9.17) is 4.74 Å². The van der Waals surface area contributed by atoms with E-state index in [2.05, 4.69) is 0 Å². The van der Waals surface area contributed by atoms with Crippen LogP contribution in [0, 0.1) is 5.92 Å². The van der Waals surface area contributed by atoms with Gasteiger partial charge in [0, 0.05) is 7.11 Å². The maximum Gasteiger partial charge on any atom is 0.325 e. The minimum atomic E-state index is -3.77. The van der Waals surface area contributed by atoms with Crippen LogP contribution in [0.25, 0.3) is 0 Å². The number of sulfone groups is 1. The normalized spacial score (nSPS) is 29.1. The fraction of sp³-hybridized carbons (Fsp3) is 0.909. The lowest BCUT2D eigenvalue weighted by Crippen LogP contribution is -2.49. The number of hydrogen-bond donors (Lipinski definition) is 1. The molecule has 6 heteroatoms. The number of aliphatic carboxylic acids is 1. The number of carboxylic acid groups (broad SMARTS) is 1. The van der Waals surface area contributed by atoms with Gasteiger partial charge in [-0.2, -0.15) is 0 Å². The van der Waals surface area contributed by atoms with Gasteiger partial charge in [0.2, 0.25) is 0 Å². The molecule has 1 fully saturated rings. The van der Waals surface area contributed by atoms with Crippen LogP contribution in [0.3, 0.4) is 0 Å². The SMILES string of the molecule is CCC1CC1(C(=O)O)S(=O)(=O)C(C)(C)COC. The van der Waals surface area contributed by atoms with Gasteiger partial charge in [0.25, 0.3) is 0 Å². The van der Waals surface area contributed by atoms with Crippen LogP contribution in [-0.2, 0) is 19.4 Å². The molecule has 1 N–H and O–H groups in total. The van der Waals surface area contributed by atoms with E-state index in [0.717, 1.165) is 0 Å². The summed E-state index contributed by atoms with van der Waals surface area (Å²) < 4.78 is 27.1. The number of hydrogen-bond acceptors (Lipinski definition) is 4. The number of carboxylic acids is 1. The van der Waals surface area contributed by atoms with Gasteiger partial charge in [-0.1, -0.05) is 13.3 Å². The summed E-state index contributed by atoms with van der Waals surface area (Å²) in [4.78, 5) is 11.3. The summed E-state index contributed by atoms with van der Waals surface area (Å²) in [7, 11) is -2.36. The van der Waals surface area contributed by atoms with Crippen LogP contribution in [0.5, 0.6) is 0 Å². The molecule has 0 radical (unpaired) electrons. The van der Waals surface area contributed by atoms with Crippen molar-refractivity contribution in [2.45, 2.75) is 43.1 Å². The quantitative estimate of drug-likeness (QED) is 0.776. The Bertz CT molecular complexity index is 412. The molecule has 0 bridgehead atoms. The van der Waals surface area contributed by atoms with Crippen LogP contribution in [0.15, 0.2) is 0 Å². The maximum absolute atomic E-state index is 12.5. The van der Waals surface area contributed by atoms with Crippen LogP contribution >= 0.6 is 0 Å². The van der Waals surface area contributed by atoms with Crippen molar-refractivity contribution in [2.24, 2.45) is 5.92 Å². The van der Waals surface area contributed by atoms with Crippen molar-refractivity contribution in [3.8, 4) is 0 Å². The first-order chi connectivity index (χ1) is 7.67. The van der Waals surface area contributed by atoms with Crippen molar-refractivity contribution < 1.29 is 23.1 Å². The molecule has 1 saturated carbocycles. The summed E-state index contributed by atoms with van der Waals surface area (Å²) in [5, 5.41) is 9.25. The van der Waals surface area contributed by atoms with E-state index in [0.29, 0.717) is 6.42 Å². The first kappa shape index (κ1) is 14.4. The number of rotatable bonds is 6. The monoisotopic (exact) mass is 264 g/mol. The zero-order valence-electron chi connectivity index (χ0n) is 10.7. The van der Waals surface area contributed by atoms with Gasteiger partial charge in [-0.15, -0.1) is 0 Å². The Hall–Kier alpha value is -0.620. The molecule has 1 aliphatic rings. The Morgan fingerprint density at radius 3 is 2.35 bits per heavy atom. The topological polar surface area (TPSA) is 80.7 Å². The standard InChI is InChI=1S/C11H20O5S/c1-5-8-6-11(8,9(12)13)17(14,15)10(2,3)7-16-4/h8H,5-7H2,1-4H3,(H,12,13). The van der Waals surface area contributed by atoms with E-state index in [1.54, 1.807) is 0 Å². The van der Waals surface area contributed by atoms with Crippen molar-refractivity contribution >= 4 is 15.8 Å². The van der Waals surface area contributed by atoms with Crippen molar-refractivity contribution in [3.05, 3.63) is 0 Å². The highest BCUT2D eigenvalue weighted by atomic mass is 32.2. The molecule has 1 aliphatic carbocycles. The first-order valence-electron chi connectivity index (χ1n) is 5.64. The Morgan fingerprint density at radius 1 is 1.53 bits per heavy atom. The second kappa shape index (κ2) is 4.24. The highest BCUT2D eigenvalue weighted by molar-refractivity contribution is 7.95. The van der Waals surface area contributed by atoms with Gasteiger partial charge >= 0.3 is 5.97 Å². The van der Waals surface area contributed by atoms with Gasteiger partial charge in [0.1, 0.15) is 0 Å². The third-order valence-corrected chi connectivity index (χ3v) is 6.81. The lowest BCUT2D eigenvalue weighted by molar-refractivity contribution is -0.137. The lowest BCUT2D eigenvalue weighted by atomic mass is 10.2. The van der Waals surface area contributed by atoms with Crippen molar-refractivity contribution in [3.63, 3.8) is 0 Å². The fourth-order valence-corrected chi connectivity index (χ4v) is 4.92. The first-order valence-corrected chi connectivity index (χ1v) is 7.12. The molecule has 1 rings (SSSR count). The Balaban J connectivity index is 3.18. The molecular formula is C11H20O5S. The molecule has 0 aromatic rings. The van der Waals surface area contributed by atoms with Crippen LogP contribution < -0.4 is 0 Å². The summed E-state index contributed by atoms with van der Waals surface area (Å²) in [6.45, 7) is 4.85. The van der Waals surface area contributed by atoms with Crippen molar-refractivity contribution in [1.29, 1.82) is 0 Å². The van der Waals surface area contributed by atoms with Gasteiger partial charge in [-0.25, -0.2) is 8.42 Å². The summed E-state index contributed by atoms with van der Waals surface area (Å²) in [6, 6.07) is 0. The summed E-state index contributed by atoms with van der Waals surface area (Å²) >= 11 is 0. The molecule has 2 unspecified atom stereocenters.